The average Bonchev–Trinajstić information content (AvgIpc) is 2.95. The number of anilines is 1. The van der Waals surface area contributed by atoms with Crippen molar-refractivity contribution in [1.82, 2.24) is 0 Å². The zero-order valence-electron chi connectivity index (χ0n) is 15.8. The smallest absolute Gasteiger partial charge is 0.303 e. The molecule has 27 heavy (non-hydrogen) atoms. The average molecular weight is 385 g/mol. The van der Waals surface area contributed by atoms with Gasteiger partial charge in [-0.3, -0.25) is 9.59 Å². The first-order valence-electron chi connectivity index (χ1n) is 9.02. The second-order valence-electron chi connectivity index (χ2n) is 6.58. The summed E-state index contributed by atoms with van der Waals surface area (Å²) in [5.41, 5.74) is 3.53. The number of aliphatic carboxylic acids is 1. The summed E-state index contributed by atoms with van der Waals surface area (Å²) in [7, 11) is 0. The third-order valence-corrected chi connectivity index (χ3v) is 5.64. The molecule has 142 valence electrons. The Labute approximate surface area is 163 Å². The van der Waals surface area contributed by atoms with Crippen molar-refractivity contribution in [1.29, 1.82) is 5.26 Å². The number of rotatable bonds is 8. The number of hydrogen-bond donors (Lipinski definition) is 2. The highest BCUT2D eigenvalue weighted by atomic mass is 32.1. The van der Waals surface area contributed by atoms with Crippen molar-refractivity contribution in [2.75, 3.05) is 5.32 Å². The van der Waals surface area contributed by atoms with E-state index in [2.05, 4.69) is 37.4 Å². The van der Waals surface area contributed by atoms with Crippen LogP contribution >= 0.6 is 11.3 Å². The molecule has 5 nitrogen and oxygen atoms in total. The van der Waals surface area contributed by atoms with Gasteiger partial charge >= 0.3 is 5.97 Å². The van der Waals surface area contributed by atoms with Gasteiger partial charge in [0, 0.05) is 23.3 Å². The first kappa shape index (κ1) is 20.7. The molecular weight excluding hydrogens is 360 g/mol. The van der Waals surface area contributed by atoms with Gasteiger partial charge in [-0.1, -0.05) is 38.1 Å². The fraction of sp³-hybridized carbons (Fsp3) is 0.381. The molecule has 1 atom stereocenters. The van der Waals surface area contributed by atoms with E-state index in [1.54, 1.807) is 0 Å². The molecule has 0 aliphatic heterocycles. The Balaban J connectivity index is 2.23. The third-order valence-electron chi connectivity index (χ3n) is 4.62. The molecule has 0 radical (unpaired) electrons. The van der Waals surface area contributed by atoms with Crippen LogP contribution in [0.25, 0.3) is 11.1 Å². The van der Waals surface area contributed by atoms with Crippen molar-refractivity contribution in [3.8, 4) is 17.2 Å². The monoisotopic (exact) mass is 384 g/mol. The Morgan fingerprint density at radius 2 is 1.93 bits per heavy atom. The van der Waals surface area contributed by atoms with Crippen molar-refractivity contribution in [2.24, 2.45) is 0 Å². The second-order valence-corrected chi connectivity index (χ2v) is 7.80. The number of nitriles is 1. The number of carboxylic acid groups (broad SMARTS) is 1. The molecular formula is C21H24N2O3S. The SMILES string of the molecule is CCC(C)c1ccc(-c2c(C)sc(NC(=O)CCCC(=O)O)c2C#N)cc1. The number of hydrogen-bond acceptors (Lipinski definition) is 4. The Kier molecular flexibility index (Phi) is 7.14. The molecule has 1 unspecified atom stereocenters. The molecule has 6 heteroatoms. The van der Waals surface area contributed by atoms with Crippen LogP contribution in [0.15, 0.2) is 24.3 Å². The summed E-state index contributed by atoms with van der Waals surface area (Å²) in [6, 6.07) is 10.4. The van der Waals surface area contributed by atoms with E-state index in [-0.39, 0.29) is 25.2 Å². The molecule has 2 aromatic rings. The summed E-state index contributed by atoms with van der Waals surface area (Å²) in [6.07, 6.45) is 1.42. The number of thiophene rings is 1. The topological polar surface area (TPSA) is 90.2 Å². The van der Waals surface area contributed by atoms with Crippen LogP contribution < -0.4 is 5.32 Å². The molecule has 1 amide bonds. The Bertz CT molecular complexity index is 863. The highest BCUT2D eigenvalue weighted by Crippen LogP contribution is 2.39. The maximum atomic E-state index is 12.1. The summed E-state index contributed by atoms with van der Waals surface area (Å²) < 4.78 is 0. The van der Waals surface area contributed by atoms with E-state index in [4.69, 9.17) is 5.11 Å². The van der Waals surface area contributed by atoms with E-state index < -0.39 is 5.97 Å². The molecule has 0 saturated carbocycles. The van der Waals surface area contributed by atoms with Crippen molar-refractivity contribution < 1.29 is 14.7 Å². The summed E-state index contributed by atoms with van der Waals surface area (Å²) in [5.74, 6) is -0.706. The number of carbonyl (C=O) groups is 2. The van der Waals surface area contributed by atoms with E-state index >= 15 is 0 Å². The Morgan fingerprint density at radius 3 is 2.48 bits per heavy atom. The van der Waals surface area contributed by atoms with Crippen LogP contribution in [0, 0.1) is 18.3 Å². The van der Waals surface area contributed by atoms with Gasteiger partial charge < -0.3 is 10.4 Å². The molecule has 0 bridgehead atoms. The quantitative estimate of drug-likeness (QED) is 0.646. The predicted molar refractivity (Wildman–Crippen MR) is 108 cm³/mol. The fourth-order valence-corrected chi connectivity index (χ4v) is 3.93. The Morgan fingerprint density at radius 1 is 1.26 bits per heavy atom. The summed E-state index contributed by atoms with van der Waals surface area (Å²) in [5, 5.41) is 21.6. The lowest BCUT2D eigenvalue weighted by molar-refractivity contribution is -0.137. The van der Waals surface area contributed by atoms with Gasteiger partial charge in [0.05, 0.1) is 5.56 Å². The molecule has 1 aromatic heterocycles. The van der Waals surface area contributed by atoms with Gasteiger partial charge in [-0.25, -0.2) is 0 Å². The summed E-state index contributed by atoms with van der Waals surface area (Å²) in [4.78, 5) is 23.6. The minimum absolute atomic E-state index is 0.0459. The molecule has 0 aliphatic carbocycles. The first-order valence-corrected chi connectivity index (χ1v) is 9.84. The van der Waals surface area contributed by atoms with Gasteiger partial charge in [0.1, 0.15) is 11.1 Å². The van der Waals surface area contributed by atoms with Crippen LogP contribution in [0.2, 0.25) is 0 Å². The van der Waals surface area contributed by atoms with Gasteiger partial charge in [-0.15, -0.1) is 11.3 Å². The molecule has 0 spiro atoms. The van der Waals surface area contributed by atoms with Crippen molar-refractivity contribution >= 4 is 28.2 Å². The maximum absolute atomic E-state index is 12.1. The molecule has 0 fully saturated rings. The van der Waals surface area contributed by atoms with Gasteiger partial charge in [0.15, 0.2) is 0 Å². The third kappa shape index (κ3) is 5.18. The van der Waals surface area contributed by atoms with E-state index in [1.807, 2.05) is 19.1 Å². The number of aryl methyl sites for hydroxylation is 1. The molecule has 0 saturated heterocycles. The van der Waals surface area contributed by atoms with Gasteiger partial charge in [0.2, 0.25) is 5.91 Å². The zero-order chi connectivity index (χ0) is 20.0. The minimum atomic E-state index is -0.921. The van der Waals surface area contributed by atoms with Crippen molar-refractivity contribution in [2.45, 2.75) is 52.4 Å². The number of benzene rings is 1. The highest BCUT2D eigenvalue weighted by molar-refractivity contribution is 7.17. The van der Waals surface area contributed by atoms with Crippen LogP contribution in [0.3, 0.4) is 0 Å². The standard InChI is InChI=1S/C21H24N2O3S/c1-4-13(2)15-8-10-16(11-9-15)20-14(3)27-21(17(20)12-22)23-18(24)6-5-7-19(25)26/h8-11,13H,4-7H2,1-3H3,(H,23,24)(H,25,26). The maximum Gasteiger partial charge on any atom is 0.303 e. The lowest BCUT2D eigenvalue weighted by atomic mass is 9.95. The van der Waals surface area contributed by atoms with E-state index in [0.29, 0.717) is 16.5 Å². The van der Waals surface area contributed by atoms with Crippen molar-refractivity contribution in [3.63, 3.8) is 0 Å². The number of carbonyl (C=O) groups excluding carboxylic acids is 1. The van der Waals surface area contributed by atoms with Crippen molar-refractivity contribution in [3.05, 3.63) is 40.3 Å². The largest absolute Gasteiger partial charge is 0.481 e. The molecule has 1 aromatic carbocycles. The first-order chi connectivity index (χ1) is 12.9. The lowest BCUT2D eigenvalue weighted by Gasteiger charge is -2.10. The van der Waals surface area contributed by atoms with Crippen LogP contribution in [0.5, 0.6) is 0 Å². The van der Waals surface area contributed by atoms with E-state index in [1.165, 1.54) is 16.9 Å². The molecule has 2 rings (SSSR count). The fourth-order valence-electron chi connectivity index (χ4n) is 2.89. The summed E-state index contributed by atoms with van der Waals surface area (Å²) >= 11 is 1.37. The minimum Gasteiger partial charge on any atom is -0.481 e. The number of amides is 1. The lowest BCUT2D eigenvalue weighted by Crippen LogP contribution is -2.11. The van der Waals surface area contributed by atoms with Crippen LogP contribution in [-0.4, -0.2) is 17.0 Å². The van der Waals surface area contributed by atoms with Crippen LogP contribution in [0.4, 0.5) is 5.00 Å². The van der Waals surface area contributed by atoms with E-state index in [9.17, 15) is 14.9 Å². The molecule has 2 N–H and O–H groups in total. The van der Waals surface area contributed by atoms with Crippen LogP contribution in [0.1, 0.15) is 61.5 Å². The van der Waals surface area contributed by atoms with E-state index in [0.717, 1.165) is 22.4 Å². The number of nitrogens with zero attached hydrogens (tertiary/aromatic N) is 1. The normalized spacial score (nSPS) is 11.6. The van der Waals surface area contributed by atoms with Gasteiger partial charge in [-0.05, 0) is 36.8 Å². The van der Waals surface area contributed by atoms with Crippen LogP contribution in [-0.2, 0) is 9.59 Å². The summed E-state index contributed by atoms with van der Waals surface area (Å²) in [6.45, 7) is 6.27. The Hall–Kier alpha value is -2.65. The number of nitrogens with one attached hydrogen (secondary N) is 1. The number of carboxylic acids is 1. The highest BCUT2D eigenvalue weighted by Gasteiger charge is 2.19. The molecule has 0 aliphatic rings. The molecule has 1 heterocycles. The zero-order valence-corrected chi connectivity index (χ0v) is 16.7. The van der Waals surface area contributed by atoms with Gasteiger partial charge in [0.25, 0.3) is 0 Å². The predicted octanol–water partition coefficient (Wildman–Crippen LogP) is 5.30. The second kappa shape index (κ2) is 9.33. The van der Waals surface area contributed by atoms with Gasteiger partial charge in [-0.2, -0.15) is 5.26 Å².